The number of amides is 1. The lowest BCUT2D eigenvalue weighted by Gasteiger charge is -2.30. The Morgan fingerprint density at radius 3 is 2.75 bits per heavy atom. The summed E-state index contributed by atoms with van der Waals surface area (Å²) in [5.41, 5.74) is 3.05. The van der Waals surface area contributed by atoms with Crippen molar-refractivity contribution in [2.75, 3.05) is 29.9 Å². The Hall–Kier alpha value is -1.02. The zero-order valence-electron chi connectivity index (χ0n) is 16.2. The van der Waals surface area contributed by atoms with Gasteiger partial charge in [0.2, 0.25) is 0 Å². The zero-order chi connectivity index (χ0) is 19.3. The smallest absolute Gasteiger partial charge is 0.257 e. The number of piperidine rings is 1. The molecule has 2 aliphatic rings. The topological polar surface area (TPSA) is 45.2 Å². The zero-order valence-corrected chi connectivity index (χ0v) is 18.7. The SMILES string of the molecule is C[C@@H]1CCCN(Cc2csc(NC(=O)c3ccc(C4SCCCS4)cc3)n2)C1. The van der Waals surface area contributed by atoms with Crippen LogP contribution in [0.1, 0.15) is 52.4 Å². The quantitative estimate of drug-likeness (QED) is 0.675. The minimum atomic E-state index is -0.0806. The fraction of sp³-hybridized carbons (Fsp3) is 0.524. The summed E-state index contributed by atoms with van der Waals surface area (Å²) in [6.07, 6.45) is 3.88. The molecule has 1 N–H and O–H groups in total. The number of thioether (sulfide) groups is 2. The lowest BCUT2D eigenvalue weighted by Crippen LogP contribution is -2.33. The molecule has 0 bridgehead atoms. The number of nitrogens with zero attached hydrogens (tertiary/aromatic N) is 2. The molecule has 2 aliphatic heterocycles. The predicted molar refractivity (Wildman–Crippen MR) is 122 cm³/mol. The average molecular weight is 434 g/mol. The van der Waals surface area contributed by atoms with Crippen molar-refractivity contribution in [1.29, 1.82) is 0 Å². The summed E-state index contributed by atoms with van der Waals surface area (Å²) in [5, 5.41) is 5.72. The highest BCUT2D eigenvalue weighted by Gasteiger charge is 2.19. The number of nitrogens with one attached hydrogen (secondary N) is 1. The first-order valence-electron chi connectivity index (χ1n) is 9.98. The third kappa shape index (κ3) is 5.32. The van der Waals surface area contributed by atoms with Gasteiger partial charge >= 0.3 is 0 Å². The van der Waals surface area contributed by atoms with Gasteiger partial charge in [0.05, 0.1) is 10.3 Å². The number of thiazole rings is 1. The molecule has 4 nitrogen and oxygen atoms in total. The van der Waals surface area contributed by atoms with Crippen LogP contribution in [0.5, 0.6) is 0 Å². The van der Waals surface area contributed by atoms with Gasteiger partial charge in [-0.3, -0.25) is 15.0 Å². The first kappa shape index (κ1) is 20.3. The van der Waals surface area contributed by atoms with Crippen LogP contribution in [0.4, 0.5) is 5.13 Å². The van der Waals surface area contributed by atoms with Crippen LogP contribution >= 0.6 is 34.9 Å². The number of carbonyl (C=O) groups is 1. The van der Waals surface area contributed by atoms with Crippen molar-refractivity contribution in [3.63, 3.8) is 0 Å². The van der Waals surface area contributed by atoms with E-state index in [9.17, 15) is 4.79 Å². The Bertz CT molecular complexity index is 786. The number of likely N-dealkylation sites (tertiary alicyclic amines) is 1. The second-order valence-electron chi connectivity index (χ2n) is 7.63. The van der Waals surface area contributed by atoms with Gasteiger partial charge in [-0.1, -0.05) is 19.1 Å². The molecule has 3 heterocycles. The molecule has 2 aromatic rings. The molecule has 2 fully saturated rings. The minimum absolute atomic E-state index is 0.0806. The molecule has 0 spiro atoms. The molecule has 1 amide bonds. The predicted octanol–water partition coefficient (Wildman–Crippen LogP) is 5.50. The minimum Gasteiger partial charge on any atom is -0.298 e. The molecule has 0 radical (unpaired) electrons. The van der Waals surface area contributed by atoms with Crippen molar-refractivity contribution < 1.29 is 4.79 Å². The number of hydrogen-bond donors (Lipinski definition) is 1. The fourth-order valence-corrected chi connectivity index (χ4v) is 7.33. The molecule has 7 heteroatoms. The molecule has 4 rings (SSSR count). The van der Waals surface area contributed by atoms with Gasteiger partial charge in [0, 0.05) is 24.0 Å². The molecule has 1 atom stereocenters. The summed E-state index contributed by atoms with van der Waals surface area (Å²) >= 11 is 5.51. The molecule has 150 valence electrons. The molecular weight excluding hydrogens is 406 g/mol. The Morgan fingerprint density at radius 1 is 1.21 bits per heavy atom. The Kier molecular flexibility index (Phi) is 6.99. The van der Waals surface area contributed by atoms with Crippen LogP contribution in [0, 0.1) is 5.92 Å². The van der Waals surface area contributed by atoms with Crippen LogP contribution in [-0.4, -0.2) is 40.4 Å². The van der Waals surface area contributed by atoms with Crippen LogP contribution in [0.25, 0.3) is 0 Å². The second kappa shape index (κ2) is 9.65. The lowest BCUT2D eigenvalue weighted by molar-refractivity contribution is 0.102. The van der Waals surface area contributed by atoms with Crippen LogP contribution in [-0.2, 0) is 6.54 Å². The third-order valence-corrected chi connectivity index (χ3v) is 8.99. The fourth-order valence-electron chi connectivity index (χ4n) is 3.74. The molecule has 1 aromatic heterocycles. The lowest BCUT2D eigenvalue weighted by atomic mass is 10.0. The highest BCUT2D eigenvalue weighted by Crippen LogP contribution is 2.43. The van der Waals surface area contributed by atoms with E-state index in [1.165, 1.54) is 47.7 Å². The van der Waals surface area contributed by atoms with E-state index in [1.807, 2.05) is 35.7 Å². The first-order chi connectivity index (χ1) is 13.7. The molecule has 0 aliphatic carbocycles. The summed E-state index contributed by atoms with van der Waals surface area (Å²) in [7, 11) is 0. The van der Waals surface area contributed by atoms with Crippen molar-refractivity contribution in [2.24, 2.45) is 5.92 Å². The Morgan fingerprint density at radius 2 is 2.00 bits per heavy atom. The van der Waals surface area contributed by atoms with E-state index in [4.69, 9.17) is 0 Å². The van der Waals surface area contributed by atoms with Gasteiger partial charge in [0.15, 0.2) is 5.13 Å². The maximum Gasteiger partial charge on any atom is 0.257 e. The van der Waals surface area contributed by atoms with Gasteiger partial charge < -0.3 is 0 Å². The van der Waals surface area contributed by atoms with Gasteiger partial charge in [-0.2, -0.15) is 0 Å². The highest BCUT2D eigenvalue weighted by atomic mass is 32.2. The van der Waals surface area contributed by atoms with Crippen LogP contribution in [0.2, 0.25) is 0 Å². The van der Waals surface area contributed by atoms with Crippen molar-refractivity contribution in [3.8, 4) is 0 Å². The van der Waals surface area contributed by atoms with Crippen LogP contribution < -0.4 is 5.32 Å². The van der Waals surface area contributed by atoms with E-state index in [1.54, 1.807) is 0 Å². The highest BCUT2D eigenvalue weighted by molar-refractivity contribution is 8.16. The van der Waals surface area contributed by atoms with Crippen molar-refractivity contribution >= 4 is 45.9 Å². The van der Waals surface area contributed by atoms with Gasteiger partial charge in [-0.05, 0) is 60.9 Å². The van der Waals surface area contributed by atoms with Gasteiger partial charge in [0.25, 0.3) is 5.91 Å². The maximum atomic E-state index is 12.6. The number of hydrogen-bond acceptors (Lipinski definition) is 6. The maximum absolute atomic E-state index is 12.6. The summed E-state index contributed by atoms with van der Waals surface area (Å²) in [6, 6.07) is 8.06. The summed E-state index contributed by atoms with van der Waals surface area (Å²) in [5.74, 6) is 3.13. The van der Waals surface area contributed by atoms with Crippen molar-refractivity contribution in [2.45, 2.75) is 37.3 Å². The standard InChI is InChI=1S/C21H27N3OS3/c1-15-4-2-9-24(12-15)13-18-14-28-21(22-18)23-19(25)16-5-7-17(8-6-16)20-26-10-3-11-27-20/h5-8,14-15,20H,2-4,9-13H2,1H3,(H,22,23,25)/t15-/m1/s1. The normalized spacial score (nSPS) is 21.5. The van der Waals surface area contributed by atoms with Gasteiger partial charge in [-0.15, -0.1) is 34.9 Å². The summed E-state index contributed by atoms with van der Waals surface area (Å²) < 4.78 is 0.505. The van der Waals surface area contributed by atoms with Crippen molar-refractivity contribution in [3.05, 3.63) is 46.5 Å². The molecule has 1 aromatic carbocycles. The van der Waals surface area contributed by atoms with Crippen LogP contribution in [0.3, 0.4) is 0 Å². The van der Waals surface area contributed by atoms with E-state index in [0.717, 1.165) is 31.2 Å². The molecular formula is C21H27N3OS3. The van der Waals surface area contributed by atoms with E-state index in [0.29, 0.717) is 15.3 Å². The van der Waals surface area contributed by atoms with E-state index in [2.05, 4.69) is 39.6 Å². The number of rotatable bonds is 5. The molecule has 28 heavy (non-hydrogen) atoms. The average Bonchev–Trinajstić information content (AvgIpc) is 3.15. The first-order valence-corrected chi connectivity index (χ1v) is 13.0. The second-order valence-corrected chi connectivity index (χ2v) is 11.2. The summed E-state index contributed by atoms with van der Waals surface area (Å²) in [6.45, 7) is 5.48. The van der Waals surface area contributed by atoms with E-state index >= 15 is 0 Å². The number of carbonyl (C=O) groups excluding carboxylic acids is 1. The summed E-state index contributed by atoms with van der Waals surface area (Å²) in [4.78, 5) is 19.7. The monoisotopic (exact) mass is 433 g/mol. The van der Waals surface area contributed by atoms with Crippen molar-refractivity contribution in [1.82, 2.24) is 9.88 Å². The van der Waals surface area contributed by atoms with Gasteiger partial charge in [0.1, 0.15) is 0 Å². The molecule has 0 saturated carbocycles. The van der Waals surface area contributed by atoms with Gasteiger partial charge in [-0.25, -0.2) is 4.98 Å². The molecule has 2 saturated heterocycles. The molecule has 0 unspecified atom stereocenters. The van der Waals surface area contributed by atoms with E-state index < -0.39 is 0 Å². The number of benzene rings is 1. The Balaban J connectivity index is 1.32. The van der Waals surface area contributed by atoms with E-state index in [-0.39, 0.29) is 5.91 Å². The Labute approximate surface area is 179 Å². The third-order valence-electron chi connectivity index (χ3n) is 5.17. The largest absolute Gasteiger partial charge is 0.298 e. The van der Waals surface area contributed by atoms with Crippen LogP contribution in [0.15, 0.2) is 29.6 Å². The number of aromatic nitrogens is 1. The number of anilines is 1.